The number of hydrogen-bond donors (Lipinski definition) is 2. The monoisotopic (exact) mass is 218 g/mol. The van der Waals surface area contributed by atoms with E-state index in [2.05, 4.69) is 43.4 Å². The highest BCUT2D eigenvalue weighted by Crippen LogP contribution is 2.25. The molecule has 1 aromatic rings. The minimum atomic E-state index is 0.201. The third-order valence-corrected chi connectivity index (χ3v) is 3.82. The highest BCUT2D eigenvalue weighted by Gasteiger charge is 2.24. The van der Waals surface area contributed by atoms with Crippen molar-refractivity contribution < 1.29 is 0 Å². The Morgan fingerprint density at radius 3 is 2.25 bits per heavy atom. The largest absolute Gasteiger partial charge is 0.324 e. The summed E-state index contributed by atoms with van der Waals surface area (Å²) in [6.07, 6.45) is 1.19. The van der Waals surface area contributed by atoms with Gasteiger partial charge >= 0.3 is 0 Å². The van der Waals surface area contributed by atoms with Crippen molar-refractivity contribution in [3.8, 4) is 0 Å². The van der Waals surface area contributed by atoms with Gasteiger partial charge < -0.3 is 11.1 Å². The molecule has 1 aliphatic rings. The van der Waals surface area contributed by atoms with Crippen LogP contribution >= 0.6 is 0 Å². The SMILES string of the molecule is CCC(C)c1ccc(C(N)C2CNC2)cc1. The Balaban J connectivity index is 2.06. The standard InChI is InChI=1S/C14H22N2/c1-3-10(2)11-4-6-12(7-5-11)14(15)13-8-16-9-13/h4-7,10,13-14,16H,3,8-9,15H2,1-2H3. The van der Waals surface area contributed by atoms with Crippen molar-refractivity contribution >= 4 is 0 Å². The first-order chi connectivity index (χ1) is 7.72. The van der Waals surface area contributed by atoms with Gasteiger partial charge in [0, 0.05) is 25.0 Å². The van der Waals surface area contributed by atoms with E-state index in [0.29, 0.717) is 11.8 Å². The van der Waals surface area contributed by atoms with Crippen LogP contribution in [0.25, 0.3) is 0 Å². The minimum Gasteiger partial charge on any atom is -0.324 e. The van der Waals surface area contributed by atoms with Crippen LogP contribution in [0, 0.1) is 5.92 Å². The first-order valence-electron chi connectivity index (χ1n) is 6.28. The molecule has 1 saturated heterocycles. The first-order valence-corrected chi connectivity index (χ1v) is 6.28. The highest BCUT2D eigenvalue weighted by molar-refractivity contribution is 5.27. The van der Waals surface area contributed by atoms with E-state index >= 15 is 0 Å². The molecule has 1 aromatic carbocycles. The molecule has 2 heteroatoms. The summed E-state index contributed by atoms with van der Waals surface area (Å²) in [6.45, 7) is 6.62. The van der Waals surface area contributed by atoms with E-state index in [1.165, 1.54) is 17.5 Å². The van der Waals surface area contributed by atoms with Crippen molar-refractivity contribution in [2.45, 2.75) is 32.2 Å². The Morgan fingerprint density at radius 1 is 1.25 bits per heavy atom. The molecule has 0 saturated carbocycles. The molecule has 3 N–H and O–H groups in total. The summed E-state index contributed by atoms with van der Waals surface area (Å²) in [7, 11) is 0. The van der Waals surface area contributed by atoms with Crippen molar-refractivity contribution in [1.29, 1.82) is 0 Å². The Kier molecular flexibility index (Phi) is 3.62. The maximum atomic E-state index is 6.22. The van der Waals surface area contributed by atoms with E-state index in [-0.39, 0.29) is 6.04 Å². The first kappa shape index (κ1) is 11.6. The van der Waals surface area contributed by atoms with Crippen LogP contribution in [0.1, 0.15) is 43.4 Å². The number of benzene rings is 1. The van der Waals surface area contributed by atoms with Crippen LogP contribution in [0.2, 0.25) is 0 Å². The van der Waals surface area contributed by atoms with Crippen LogP contribution in [-0.4, -0.2) is 13.1 Å². The van der Waals surface area contributed by atoms with E-state index in [9.17, 15) is 0 Å². The zero-order chi connectivity index (χ0) is 11.5. The molecule has 2 unspecified atom stereocenters. The second-order valence-corrected chi connectivity index (χ2v) is 4.92. The molecular weight excluding hydrogens is 196 g/mol. The fourth-order valence-corrected chi connectivity index (χ4v) is 2.12. The molecule has 16 heavy (non-hydrogen) atoms. The van der Waals surface area contributed by atoms with E-state index < -0.39 is 0 Å². The van der Waals surface area contributed by atoms with Gasteiger partial charge in [0.25, 0.3) is 0 Å². The molecular formula is C14H22N2. The predicted octanol–water partition coefficient (Wildman–Crippen LogP) is 2.42. The van der Waals surface area contributed by atoms with Crippen molar-refractivity contribution in [2.75, 3.05) is 13.1 Å². The third kappa shape index (κ3) is 2.28. The summed E-state index contributed by atoms with van der Waals surface area (Å²) in [5, 5.41) is 3.27. The van der Waals surface area contributed by atoms with Gasteiger partial charge in [0.1, 0.15) is 0 Å². The number of nitrogens with two attached hydrogens (primary N) is 1. The summed E-state index contributed by atoms with van der Waals surface area (Å²) in [6, 6.07) is 9.06. The Hall–Kier alpha value is -0.860. The summed E-state index contributed by atoms with van der Waals surface area (Å²) >= 11 is 0. The molecule has 0 radical (unpaired) electrons. The molecule has 2 nitrogen and oxygen atoms in total. The van der Waals surface area contributed by atoms with Gasteiger partial charge in [-0.25, -0.2) is 0 Å². The fourth-order valence-electron chi connectivity index (χ4n) is 2.12. The Labute approximate surface area is 98.2 Å². The van der Waals surface area contributed by atoms with Crippen molar-refractivity contribution in [3.63, 3.8) is 0 Å². The van der Waals surface area contributed by atoms with Crippen molar-refractivity contribution in [2.24, 2.45) is 11.7 Å². The average molecular weight is 218 g/mol. The van der Waals surface area contributed by atoms with Crippen LogP contribution in [0.5, 0.6) is 0 Å². The van der Waals surface area contributed by atoms with Crippen LogP contribution < -0.4 is 11.1 Å². The van der Waals surface area contributed by atoms with Gasteiger partial charge in [-0.1, -0.05) is 38.1 Å². The molecule has 1 aliphatic heterocycles. The number of rotatable bonds is 4. The molecule has 1 fully saturated rings. The summed E-state index contributed by atoms with van der Waals surface area (Å²) in [5.41, 5.74) is 8.92. The number of nitrogens with one attached hydrogen (secondary N) is 1. The van der Waals surface area contributed by atoms with E-state index in [1.807, 2.05) is 0 Å². The molecule has 2 rings (SSSR count). The van der Waals surface area contributed by atoms with Gasteiger partial charge in [-0.3, -0.25) is 0 Å². The van der Waals surface area contributed by atoms with E-state index in [4.69, 9.17) is 5.73 Å². The van der Waals surface area contributed by atoms with Gasteiger partial charge in [-0.2, -0.15) is 0 Å². The van der Waals surface area contributed by atoms with Gasteiger partial charge in [-0.05, 0) is 23.5 Å². The third-order valence-electron chi connectivity index (χ3n) is 3.82. The molecule has 2 atom stereocenters. The smallest absolute Gasteiger partial charge is 0.0347 e. The zero-order valence-corrected chi connectivity index (χ0v) is 10.2. The zero-order valence-electron chi connectivity index (χ0n) is 10.2. The van der Waals surface area contributed by atoms with Crippen molar-refractivity contribution in [1.82, 2.24) is 5.32 Å². The molecule has 0 bridgehead atoms. The fraction of sp³-hybridized carbons (Fsp3) is 0.571. The Bertz CT molecular complexity index is 327. The van der Waals surface area contributed by atoms with Crippen LogP contribution in [0.4, 0.5) is 0 Å². The van der Waals surface area contributed by atoms with Crippen molar-refractivity contribution in [3.05, 3.63) is 35.4 Å². The number of hydrogen-bond acceptors (Lipinski definition) is 2. The summed E-state index contributed by atoms with van der Waals surface area (Å²) in [4.78, 5) is 0. The second-order valence-electron chi connectivity index (χ2n) is 4.92. The summed E-state index contributed by atoms with van der Waals surface area (Å²) < 4.78 is 0. The predicted molar refractivity (Wildman–Crippen MR) is 68.4 cm³/mol. The topological polar surface area (TPSA) is 38.0 Å². The second kappa shape index (κ2) is 4.98. The lowest BCUT2D eigenvalue weighted by Gasteiger charge is -2.32. The van der Waals surface area contributed by atoms with E-state index in [1.54, 1.807) is 0 Å². The molecule has 0 amide bonds. The molecule has 0 aliphatic carbocycles. The van der Waals surface area contributed by atoms with Gasteiger partial charge in [-0.15, -0.1) is 0 Å². The van der Waals surface area contributed by atoms with Gasteiger partial charge in [0.05, 0.1) is 0 Å². The van der Waals surface area contributed by atoms with E-state index in [0.717, 1.165) is 13.1 Å². The lowest BCUT2D eigenvalue weighted by molar-refractivity contribution is 0.295. The molecule has 1 heterocycles. The maximum Gasteiger partial charge on any atom is 0.0347 e. The molecule has 0 spiro atoms. The van der Waals surface area contributed by atoms with Gasteiger partial charge in [0.2, 0.25) is 0 Å². The van der Waals surface area contributed by atoms with Gasteiger partial charge in [0.15, 0.2) is 0 Å². The lowest BCUT2D eigenvalue weighted by Crippen LogP contribution is -2.47. The molecule has 0 aromatic heterocycles. The quantitative estimate of drug-likeness (QED) is 0.814. The summed E-state index contributed by atoms with van der Waals surface area (Å²) in [5.74, 6) is 1.27. The molecule has 88 valence electrons. The normalized spacial score (nSPS) is 20.2. The van der Waals surface area contributed by atoms with Crippen LogP contribution in [0.15, 0.2) is 24.3 Å². The average Bonchev–Trinajstić information content (AvgIpc) is 2.26. The lowest BCUT2D eigenvalue weighted by atomic mass is 9.88. The Morgan fingerprint density at radius 2 is 1.81 bits per heavy atom. The van der Waals surface area contributed by atoms with Crippen LogP contribution in [-0.2, 0) is 0 Å². The maximum absolute atomic E-state index is 6.22. The highest BCUT2D eigenvalue weighted by atomic mass is 15.0. The van der Waals surface area contributed by atoms with Crippen LogP contribution in [0.3, 0.4) is 0 Å². The minimum absolute atomic E-state index is 0.201.